The Hall–Kier alpha value is -0.920. The molecule has 0 unspecified atom stereocenters. The number of fused-ring (bicyclic) bond motifs is 1. The quantitative estimate of drug-likeness (QED) is 0.744. The van der Waals surface area contributed by atoms with Gasteiger partial charge >= 0.3 is 0 Å². The van der Waals surface area contributed by atoms with E-state index in [1.54, 1.807) is 11.7 Å². The maximum atomic E-state index is 13.8. The van der Waals surface area contributed by atoms with Gasteiger partial charge in [0.2, 0.25) is 0 Å². The fourth-order valence-electron chi connectivity index (χ4n) is 1.41. The van der Waals surface area contributed by atoms with Crippen LogP contribution in [-0.4, -0.2) is 20.4 Å². The van der Waals surface area contributed by atoms with Crippen LogP contribution in [0.25, 0.3) is 11.0 Å². The first-order valence-electron chi connectivity index (χ1n) is 5.16. The number of aryl methyl sites for hydroxylation is 1. The first-order chi connectivity index (χ1) is 7.78. The van der Waals surface area contributed by atoms with Gasteiger partial charge in [0.25, 0.3) is 5.88 Å². The number of rotatable bonds is 1. The van der Waals surface area contributed by atoms with Crippen LogP contribution in [0.5, 0.6) is 5.88 Å². The summed E-state index contributed by atoms with van der Waals surface area (Å²) in [5.41, 5.74) is 0.0150. The highest BCUT2D eigenvalue weighted by Gasteiger charge is 2.19. The lowest BCUT2D eigenvalue weighted by Crippen LogP contribution is -2.24. The van der Waals surface area contributed by atoms with Crippen molar-refractivity contribution in [3.05, 3.63) is 15.6 Å². The SMILES string of the molecule is Cn1nc2nc(OC(C)(C)C)c(F)cc2c1I. The van der Waals surface area contributed by atoms with E-state index in [-0.39, 0.29) is 5.88 Å². The van der Waals surface area contributed by atoms with E-state index in [4.69, 9.17) is 4.74 Å². The fraction of sp³-hybridized carbons (Fsp3) is 0.455. The predicted octanol–water partition coefficient (Wildman–Crippen LogP) is 2.89. The molecule has 2 heterocycles. The molecule has 17 heavy (non-hydrogen) atoms. The van der Waals surface area contributed by atoms with Gasteiger partial charge in [0, 0.05) is 7.05 Å². The standard InChI is InChI=1S/C11H13FIN3O/c1-11(2,3)17-10-7(12)5-6-8(13)16(4)15-9(6)14-10/h5H,1-4H3. The van der Waals surface area contributed by atoms with Crippen LogP contribution in [0, 0.1) is 9.52 Å². The molecule has 0 spiro atoms. The summed E-state index contributed by atoms with van der Waals surface area (Å²) in [6.07, 6.45) is 0. The van der Waals surface area contributed by atoms with Gasteiger partial charge in [-0.1, -0.05) is 0 Å². The summed E-state index contributed by atoms with van der Waals surface area (Å²) in [5, 5.41) is 4.90. The third kappa shape index (κ3) is 2.51. The molecule has 0 saturated carbocycles. The highest BCUT2D eigenvalue weighted by atomic mass is 127. The number of hydrogen-bond donors (Lipinski definition) is 0. The molecule has 92 valence electrons. The van der Waals surface area contributed by atoms with Gasteiger partial charge in [-0.05, 0) is 49.4 Å². The van der Waals surface area contributed by atoms with Gasteiger partial charge in [0.1, 0.15) is 9.30 Å². The minimum Gasteiger partial charge on any atom is -0.470 e. The Balaban J connectivity index is 2.56. The van der Waals surface area contributed by atoms with Gasteiger partial charge < -0.3 is 4.74 Å². The summed E-state index contributed by atoms with van der Waals surface area (Å²) >= 11 is 2.11. The van der Waals surface area contributed by atoms with E-state index in [0.29, 0.717) is 11.0 Å². The molecule has 2 aromatic rings. The summed E-state index contributed by atoms with van der Waals surface area (Å²) in [5.74, 6) is -0.460. The van der Waals surface area contributed by atoms with Crippen molar-refractivity contribution in [3.8, 4) is 5.88 Å². The molecule has 2 rings (SSSR count). The van der Waals surface area contributed by atoms with Crippen molar-refractivity contribution in [2.24, 2.45) is 7.05 Å². The molecule has 4 nitrogen and oxygen atoms in total. The molecule has 2 aromatic heterocycles. The summed E-state index contributed by atoms with van der Waals surface area (Å²) < 4.78 is 21.8. The minimum atomic E-state index is -0.483. The van der Waals surface area contributed by atoms with Gasteiger partial charge in [-0.3, -0.25) is 4.68 Å². The Morgan fingerprint density at radius 1 is 1.41 bits per heavy atom. The van der Waals surface area contributed by atoms with Crippen LogP contribution in [0.4, 0.5) is 4.39 Å². The van der Waals surface area contributed by atoms with Crippen LogP contribution < -0.4 is 4.74 Å². The normalized spacial score (nSPS) is 12.1. The zero-order valence-corrected chi connectivity index (χ0v) is 12.2. The Labute approximate surface area is 112 Å². The number of hydrogen-bond acceptors (Lipinski definition) is 3. The molecule has 0 aliphatic rings. The zero-order valence-electron chi connectivity index (χ0n) is 10.1. The number of nitrogens with zero attached hydrogens (tertiary/aromatic N) is 3. The largest absolute Gasteiger partial charge is 0.470 e. The molecule has 0 aromatic carbocycles. The van der Waals surface area contributed by atoms with Crippen LogP contribution >= 0.6 is 22.6 Å². The number of pyridine rings is 1. The molecular weight excluding hydrogens is 336 g/mol. The molecule has 6 heteroatoms. The topological polar surface area (TPSA) is 39.9 Å². The zero-order chi connectivity index (χ0) is 12.8. The van der Waals surface area contributed by atoms with Crippen LogP contribution in [0.3, 0.4) is 0 Å². The van der Waals surface area contributed by atoms with Gasteiger partial charge in [-0.25, -0.2) is 4.39 Å². The van der Waals surface area contributed by atoms with Crippen molar-refractivity contribution in [3.63, 3.8) is 0 Å². The average molecular weight is 349 g/mol. The average Bonchev–Trinajstić information content (AvgIpc) is 2.43. The molecule has 0 bridgehead atoms. The molecule has 0 atom stereocenters. The summed E-state index contributed by atoms with van der Waals surface area (Å²) in [7, 11) is 1.80. The van der Waals surface area contributed by atoms with Gasteiger partial charge in [-0.2, -0.15) is 10.1 Å². The van der Waals surface area contributed by atoms with Crippen molar-refractivity contribution in [1.82, 2.24) is 14.8 Å². The van der Waals surface area contributed by atoms with E-state index in [0.717, 1.165) is 3.70 Å². The second kappa shape index (κ2) is 4.08. The van der Waals surface area contributed by atoms with Crippen LogP contribution in [0.2, 0.25) is 0 Å². The maximum absolute atomic E-state index is 13.8. The van der Waals surface area contributed by atoms with E-state index in [2.05, 4.69) is 32.7 Å². The second-order valence-electron chi connectivity index (χ2n) is 4.78. The first kappa shape index (κ1) is 12.5. The van der Waals surface area contributed by atoms with E-state index in [1.165, 1.54) is 6.07 Å². The van der Waals surface area contributed by atoms with Crippen molar-refractivity contribution in [1.29, 1.82) is 0 Å². The predicted molar refractivity (Wildman–Crippen MR) is 71.6 cm³/mol. The van der Waals surface area contributed by atoms with Crippen LogP contribution in [0.1, 0.15) is 20.8 Å². The Morgan fingerprint density at radius 2 is 2.06 bits per heavy atom. The second-order valence-corrected chi connectivity index (χ2v) is 5.80. The highest BCUT2D eigenvalue weighted by molar-refractivity contribution is 14.1. The number of ether oxygens (including phenoxy) is 1. The van der Waals surface area contributed by atoms with Crippen molar-refractivity contribution in [2.45, 2.75) is 26.4 Å². The fourth-order valence-corrected chi connectivity index (χ4v) is 1.92. The number of halogens is 2. The molecule has 0 saturated heterocycles. The lowest BCUT2D eigenvalue weighted by molar-refractivity contribution is 0.117. The molecule has 0 fully saturated rings. The molecule has 0 aliphatic carbocycles. The molecule has 0 aliphatic heterocycles. The third-order valence-electron chi connectivity index (χ3n) is 2.08. The van der Waals surface area contributed by atoms with Gasteiger partial charge in [0.15, 0.2) is 11.5 Å². The van der Waals surface area contributed by atoms with Crippen molar-refractivity contribution >= 4 is 33.6 Å². The highest BCUT2D eigenvalue weighted by Crippen LogP contribution is 2.26. The maximum Gasteiger partial charge on any atom is 0.253 e. The summed E-state index contributed by atoms with van der Waals surface area (Å²) in [6, 6.07) is 1.41. The third-order valence-corrected chi connectivity index (χ3v) is 3.36. The lowest BCUT2D eigenvalue weighted by Gasteiger charge is -2.20. The smallest absolute Gasteiger partial charge is 0.253 e. The van der Waals surface area contributed by atoms with Crippen molar-refractivity contribution in [2.75, 3.05) is 0 Å². The van der Waals surface area contributed by atoms with E-state index >= 15 is 0 Å². The monoisotopic (exact) mass is 349 g/mol. The molecule has 0 radical (unpaired) electrons. The summed E-state index contributed by atoms with van der Waals surface area (Å²) in [6.45, 7) is 5.54. The van der Waals surface area contributed by atoms with E-state index < -0.39 is 11.4 Å². The van der Waals surface area contributed by atoms with Crippen molar-refractivity contribution < 1.29 is 9.13 Å². The molecule has 0 amide bonds. The Bertz CT molecular complexity index is 574. The van der Waals surface area contributed by atoms with Crippen LogP contribution in [-0.2, 0) is 7.05 Å². The number of aromatic nitrogens is 3. The lowest BCUT2D eigenvalue weighted by atomic mass is 10.2. The molecular formula is C11H13FIN3O. The molecule has 0 N–H and O–H groups in total. The minimum absolute atomic E-state index is 0.000463. The van der Waals surface area contributed by atoms with E-state index in [1.807, 2.05) is 20.8 Å². The van der Waals surface area contributed by atoms with E-state index in [9.17, 15) is 4.39 Å². The Kier molecular flexibility index (Phi) is 3.01. The first-order valence-corrected chi connectivity index (χ1v) is 6.23. The van der Waals surface area contributed by atoms with Crippen LogP contribution in [0.15, 0.2) is 6.07 Å². The van der Waals surface area contributed by atoms with Gasteiger partial charge in [-0.15, -0.1) is 0 Å². The summed E-state index contributed by atoms with van der Waals surface area (Å²) in [4.78, 5) is 4.11. The van der Waals surface area contributed by atoms with Gasteiger partial charge in [0.05, 0.1) is 5.39 Å². The Morgan fingerprint density at radius 3 is 2.65 bits per heavy atom.